The largest absolute Gasteiger partial charge is 0.372 e. The van der Waals surface area contributed by atoms with Crippen LogP contribution in [0.15, 0.2) is 72.8 Å². The van der Waals surface area contributed by atoms with Gasteiger partial charge in [-0.05, 0) is 50.8 Å². The SMILES string of the molecule is CC/C=C(\NNC(=O)C(O)(c1cc(C)ccc1C)c1cc(C)ccc1C)c1ccccc1. The summed E-state index contributed by atoms with van der Waals surface area (Å²) in [5.74, 6) is -0.530. The monoisotopic (exact) mass is 428 g/mol. The molecule has 3 aromatic carbocycles. The van der Waals surface area contributed by atoms with Crippen LogP contribution in [0.25, 0.3) is 5.70 Å². The van der Waals surface area contributed by atoms with Crippen molar-refractivity contribution in [2.75, 3.05) is 0 Å². The topological polar surface area (TPSA) is 61.4 Å². The second-order valence-electron chi connectivity index (χ2n) is 8.32. The molecule has 0 unspecified atom stereocenters. The summed E-state index contributed by atoms with van der Waals surface area (Å²) in [6.07, 6.45) is 2.80. The first-order chi connectivity index (χ1) is 15.3. The van der Waals surface area contributed by atoms with Crippen LogP contribution < -0.4 is 10.9 Å². The van der Waals surface area contributed by atoms with Crippen LogP contribution in [0.5, 0.6) is 0 Å². The van der Waals surface area contributed by atoms with Gasteiger partial charge < -0.3 is 5.11 Å². The van der Waals surface area contributed by atoms with E-state index in [2.05, 4.69) is 10.9 Å². The molecule has 3 aromatic rings. The van der Waals surface area contributed by atoms with Crippen LogP contribution in [0.1, 0.15) is 52.3 Å². The summed E-state index contributed by atoms with van der Waals surface area (Å²) in [4.78, 5) is 13.7. The van der Waals surface area contributed by atoms with Crippen molar-refractivity contribution in [2.45, 2.75) is 46.6 Å². The lowest BCUT2D eigenvalue weighted by Gasteiger charge is -2.31. The van der Waals surface area contributed by atoms with Gasteiger partial charge in [0.15, 0.2) is 5.60 Å². The lowest BCUT2D eigenvalue weighted by atomic mass is 9.80. The Bertz CT molecular complexity index is 1080. The minimum absolute atomic E-state index is 0.530. The molecule has 3 N–H and O–H groups in total. The summed E-state index contributed by atoms with van der Waals surface area (Å²) in [6, 6.07) is 21.4. The molecule has 0 saturated heterocycles. The van der Waals surface area contributed by atoms with Crippen molar-refractivity contribution in [1.82, 2.24) is 10.9 Å². The number of benzene rings is 3. The van der Waals surface area contributed by atoms with Gasteiger partial charge in [0.25, 0.3) is 5.91 Å². The van der Waals surface area contributed by atoms with E-state index in [0.717, 1.165) is 39.9 Å². The summed E-state index contributed by atoms with van der Waals surface area (Å²) < 4.78 is 0. The molecule has 0 radical (unpaired) electrons. The molecule has 0 atom stereocenters. The number of allylic oxidation sites excluding steroid dienone is 1. The van der Waals surface area contributed by atoms with Gasteiger partial charge in [0, 0.05) is 11.1 Å². The van der Waals surface area contributed by atoms with Gasteiger partial charge in [-0.3, -0.25) is 15.6 Å². The van der Waals surface area contributed by atoms with E-state index in [9.17, 15) is 9.90 Å². The predicted octanol–water partition coefficient (Wildman–Crippen LogP) is 5.23. The van der Waals surface area contributed by atoms with Crippen molar-refractivity contribution < 1.29 is 9.90 Å². The van der Waals surface area contributed by atoms with E-state index in [4.69, 9.17) is 0 Å². The van der Waals surface area contributed by atoms with E-state index in [-0.39, 0.29) is 0 Å². The Hall–Kier alpha value is -3.37. The maximum absolute atomic E-state index is 13.7. The Morgan fingerprint density at radius 1 is 0.844 bits per heavy atom. The van der Waals surface area contributed by atoms with Crippen molar-refractivity contribution in [3.05, 3.63) is 112 Å². The fraction of sp³-hybridized carbons (Fsp3) is 0.250. The van der Waals surface area contributed by atoms with Gasteiger partial charge in [-0.15, -0.1) is 0 Å². The van der Waals surface area contributed by atoms with Crippen molar-refractivity contribution >= 4 is 11.6 Å². The van der Waals surface area contributed by atoms with Crippen molar-refractivity contribution in [2.24, 2.45) is 0 Å². The number of amides is 1. The molecule has 0 bridgehead atoms. The fourth-order valence-corrected chi connectivity index (χ4v) is 3.92. The molecule has 0 saturated carbocycles. The van der Waals surface area contributed by atoms with E-state index in [1.54, 1.807) is 0 Å². The predicted molar refractivity (Wildman–Crippen MR) is 131 cm³/mol. The Kier molecular flexibility index (Phi) is 7.16. The van der Waals surface area contributed by atoms with Crippen LogP contribution in [-0.4, -0.2) is 11.0 Å². The van der Waals surface area contributed by atoms with Gasteiger partial charge in [-0.25, -0.2) is 0 Å². The van der Waals surface area contributed by atoms with E-state index in [1.165, 1.54) is 0 Å². The number of hydrazine groups is 1. The van der Waals surface area contributed by atoms with Gasteiger partial charge in [-0.1, -0.05) is 90.9 Å². The molecule has 0 spiro atoms. The summed E-state index contributed by atoms with van der Waals surface area (Å²) in [7, 11) is 0. The number of hydrogen-bond acceptors (Lipinski definition) is 3. The minimum Gasteiger partial charge on any atom is -0.372 e. The van der Waals surface area contributed by atoms with E-state index < -0.39 is 11.5 Å². The Labute approximate surface area is 191 Å². The van der Waals surface area contributed by atoms with Crippen LogP contribution in [-0.2, 0) is 10.4 Å². The number of hydrogen-bond donors (Lipinski definition) is 3. The highest BCUT2D eigenvalue weighted by Gasteiger charge is 2.42. The first-order valence-corrected chi connectivity index (χ1v) is 11.0. The van der Waals surface area contributed by atoms with Crippen molar-refractivity contribution in [1.29, 1.82) is 0 Å². The summed E-state index contributed by atoms with van der Waals surface area (Å²) >= 11 is 0. The highest BCUT2D eigenvalue weighted by atomic mass is 16.3. The maximum atomic E-state index is 13.7. The Morgan fingerprint density at radius 2 is 1.38 bits per heavy atom. The van der Waals surface area contributed by atoms with Crippen LogP contribution in [0, 0.1) is 27.7 Å². The highest BCUT2D eigenvalue weighted by molar-refractivity contribution is 5.91. The maximum Gasteiger partial charge on any atom is 0.279 e. The summed E-state index contributed by atoms with van der Waals surface area (Å²) in [5.41, 5.74) is 10.5. The van der Waals surface area contributed by atoms with Crippen molar-refractivity contribution in [3.8, 4) is 0 Å². The van der Waals surface area contributed by atoms with Crippen LogP contribution in [0.2, 0.25) is 0 Å². The molecule has 0 aliphatic rings. The van der Waals surface area contributed by atoms with E-state index in [0.29, 0.717) is 11.1 Å². The number of carbonyl (C=O) groups excluding carboxylic acids is 1. The molecule has 3 rings (SSSR count). The fourth-order valence-electron chi connectivity index (χ4n) is 3.92. The third-order valence-electron chi connectivity index (χ3n) is 5.70. The number of carbonyl (C=O) groups is 1. The lowest BCUT2D eigenvalue weighted by Crippen LogP contribution is -2.50. The van der Waals surface area contributed by atoms with Gasteiger partial charge >= 0.3 is 0 Å². The molecule has 4 heteroatoms. The Balaban J connectivity index is 2.06. The average Bonchev–Trinajstić information content (AvgIpc) is 2.79. The number of rotatable bonds is 7. The highest BCUT2D eigenvalue weighted by Crippen LogP contribution is 2.35. The smallest absolute Gasteiger partial charge is 0.279 e. The molecule has 166 valence electrons. The molecular formula is C28H32N2O2. The van der Waals surface area contributed by atoms with Gasteiger partial charge in [0.1, 0.15) is 0 Å². The normalized spacial score (nSPS) is 11.9. The minimum atomic E-state index is -1.85. The quantitative estimate of drug-likeness (QED) is 0.452. The molecule has 0 fully saturated rings. The molecule has 0 heterocycles. The van der Waals surface area contributed by atoms with Gasteiger partial charge in [0.05, 0.1) is 5.70 Å². The first kappa shape index (κ1) is 23.3. The zero-order valence-corrected chi connectivity index (χ0v) is 19.5. The number of aryl methyl sites for hydroxylation is 4. The molecule has 0 aliphatic carbocycles. The van der Waals surface area contributed by atoms with Crippen LogP contribution >= 0.6 is 0 Å². The van der Waals surface area contributed by atoms with Gasteiger partial charge in [-0.2, -0.15) is 0 Å². The number of nitrogens with one attached hydrogen (secondary N) is 2. The molecule has 1 amide bonds. The molecule has 4 nitrogen and oxygen atoms in total. The van der Waals surface area contributed by atoms with Crippen LogP contribution in [0.3, 0.4) is 0 Å². The third kappa shape index (κ3) is 4.76. The molecule has 0 aromatic heterocycles. The van der Waals surface area contributed by atoms with Crippen LogP contribution in [0.4, 0.5) is 0 Å². The third-order valence-corrected chi connectivity index (χ3v) is 5.70. The molecule has 0 aliphatic heterocycles. The summed E-state index contributed by atoms with van der Waals surface area (Å²) in [5, 5.41) is 12.1. The molecule has 32 heavy (non-hydrogen) atoms. The average molecular weight is 429 g/mol. The molecular weight excluding hydrogens is 396 g/mol. The van der Waals surface area contributed by atoms with E-state index >= 15 is 0 Å². The zero-order chi connectivity index (χ0) is 23.3. The van der Waals surface area contributed by atoms with Crippen molar-refractivity contribution in [3.63, 3.8) is 0 Å². The summed E-state index contributed by atoms with van der Waals surface area (Å²) in [6.45, 7) is 9.78. The van der Waals surface area contributed by atoms with E-state index in [1.807, 2.05) is 107 Å². The first-order valence-electron chi connectivity index (χ1n) is 11.0. The second-order valence-corrected chi connectivity index (χ2v) is 8.32. The lowest BCUT2D eigenvalue weighted by molar-refractivity contribution is -0.137. The van der Waals surface area contributed by atoms with Gasteiger partial charge in [0.2, 0.25) is 0 Å². The standard InChI is InChI=1S/C28H32N2O2/c1-6-10-26(23-11-8-7-9-12-23)29-30-27(31)28(32,24-17-19(2)13-15-21(24)4)25-18-20(3)14-16-22(25)5/h7-18,29,32H,6H2,1-5H3,(H,30,31)/b26-10-. The second kappa shape index (κ2) is 9.84. The number of aliphatic hydroxyl groups is 1. The zero-order valence-electron chi connectivity index (χ0n) is 19.5. The Morgan fingerprint density at radius 3 is 1.88 bits per heavy atom.